The summed E-state index contributed by atoms with van der Waals surface area (Å²) in [6.07, 6.45) is 1.85. The molecule has 0 amide bonds. The van der Waals surface area contributed by atoms with E-state index in [0.29, 0.717) is 0 Å². The molecule has 2 heteroatoms. The van der Waals surface area contributed by atoms with Crippen LogP contribution in [-0.2, 0) is 5.41 Å². The Morgan fingerprint density at radius 3 is 1.56 bits per heavy atom. The summed E-state index contributed by atoms with van der Waals surface area (Å²) < 4.78 is 0. The SMILES string of the molecule is CC(C)(C)c1ccc(-c2c3ccccc3c(-c3ccc(-c4ccc5ccc6cccnc6c5n4)c4ccccc34)c3ccccc23)cc1. The molecule has 0 spiro atoms. The fourth-order valence-corrected chi connectivity index (χ4v) is 7.48. The van der Waals surface area contributed by atoms with E-state index in [1.807, 2.05) is 12.3 Å². The fraction of sp³-hybridized carbons (Fsp3) is 0.0870. The highest BCUT2D eigenvalue weighted by Crippen LogP contribution is 2.46. The first-order chi connectivity index (χ1) is 23.5. The number of nitrogens with zero attached hydrogens (tertiary/aromatic N) is 2. The van der Waals surface area contributed by atoms with E-state index in [1.165, 1.54) is 60.1 Å². The number of benzene rings is 7. The van der Waals surface area contributed by atoms with Crippen molar-refractivity contribution in [1.29, 1.82) is 0 Å². The lowest BCUT2D eigenvalue weighted by Gasteiger charge is -2.21. The molecule has 2 heterocycles. The number of pyridine rings is 2. The van der Waals surface area contributed by atoms with Crippen LogP contribution in [0.3, 0.4) is 0 Å². The zero-order chi connectivity index (χ0) is 32.4. The van der Waals surface area contributed by atoms with Crippen molar-refractivity contribution in [3.05, 3.63) is 157 Å². The Hall–Kier alpha value is -5.86. The van der Waals surface area contributed by atoms with Gasteiger partial charge in [0.05, 0.1) is 16.7 Å². The summed E-state index contributed by atoms with van der Waals surface area (Å²) >= 11 is 0. The van der Waals surface area contributed by atoms with Crippen LogP contribution in [0.1, 0.15) is 26.3 Å². The molecule has 0 N–H and O–H groups in total. The quantitative estimate of drug-likeness (QED) is 0.146. The standard InChI is InChI=1S/C46H34N2/c1-46(2,3)32-23-20-29(21-24-32)42-36-14-6-8-16-38(36)43(39-17-9-7-15-37(39)42)40-26-25-35(33-12-4-5-13-34(33)40)41-27-22-31-19-18-30-11-10-28-47-44(30)45(31)48-41/h4-28H,1-3H3. The molecular weight excluding hydrogens is 581 g/mol. The molecule has 2 aromatic heterocycles. The molecule has 0 saturated carbocycles. The van der Waals surface area contributed by atoms with Gasteiger partial charge in [-0.3, -0.25) is 4.98 Å². The van der Waals surface area contributed by atoms with Crippen molar-refractivity contribution >= 4 is 54.1 Å². The summed E-state index contributed by atoms with van der Waals surface area (Å²) in [5.41, 5.74) is 10.4. The Bertz CT molecular complexity index is 2640. The highest BCUT2D eigenvalue weighted by Gasteiger charge is 2.20. The second-order valence-corrected chi connectivity index (χ2v) is 13.8. The van der Waals surface area contributed by atoms with Crippen molar-refractivity contribution in [1.82, 2.24) is 9.97 Å². The average Bonchev–Trinajstić information content (AvgIpc) is 3.13. The van der Waals surface area contributed by atoms with E-state index in [9.17, 15) is 0 Å². The van der Waals surface area contributed by atoms with Crippen LogP contribution in [0.25, 0.3) is 87.6 Å². The predicted octanol–water partition coefficient (Wildman–Crippen LogP) is 12.5. The lowest BCUT2D eigenvalue weighted by molar-refractivity contribution is 0.590. The minimum Gasteiger partial charge on any atom is -0.254 e. The molecule has 48 heavy (non-hydrogen) atoms. The monoisotopic (exact) mass is 614 g/mol. The molecular formula is C46H34N2. The molecule has 2 nitrogen and oxygen atoms in total. The molecule has 9 rings (SSSR count). The van der Waals surface area contributed by atoms with Gasteiger partial charge in [-0.05, 0) is 77.7 Å². The van der Waals surface area contributed by atoms with E-state index in [0.717, 1.165) is 33.1 Å². The first-order valence-corrected chi connectivity index (χ1v) is 16.7. The third kappa shape index (κ3) is 4.48. The van der Waals surface area contributed by atoms with Gasteiger partial charge in [0, 0.05) is 22.5 Å². The molecule has 0 bridgehead atoms. The number of hydrogen-bond acceptors (Lipinski definition) is 2. The molecule has 0 aliphatic heterocycles. The van der Waals surface area contributed by atoms with Gasteiger partial charge in [-0.1, -0.05) is 154 Å². The van der Waals surface area contributed by atoms with Crippen molar-refractivity contribution in [2.24, 2.45) is 0 Å². The molecule has 0 aliphatic rings. The lowest BCUT2D eigenvalue weighted by atomic mass is 9.82. The first-order valence-electron chi connectivity index (χ1n) is 16.7. The molecule has 0 fully saturated rings. The zero-order valence-electron chi connectivity index (χ0n) is 27.3. The van der Waals surface area contributed by atoms with Crippen LogP contribution in [-0.4, -0.2) is 9.97 Å². The Balaban J connectivity index is 1.30. The maximum Gasteiger partial charge on any atom is 0.0972 e. The molecule has 0 atom stereocenters. The van der Waals surface area contributed by atoms with Gasteiger partial charge in [-0.25, -0.2) is 4.98 Å². The molecule has 7 aromatic carbocycles. The number of rotatable bonds is 3. The van der Waals surface area contributed by atoms with Gasteiger partial charge < -0.3 is 0 Å². The molecule has 228 valence electrons. The predicted molar refractivity (Wildman–Crippen MR) is 205 cm³/mol. The maximum atomic E-state index is 5.23. The van der Waals surface area contributed by atoms with E-state index in [1.54, 1.807) is 0 Å². The third-order valence-electron chi connectivity index (χ3n) is 9.87. The Morgan fingerprint density at radius 2 is 0.938 bits per heavy atom. The van der Waals surface area contributed by atoms with Gasteiger partial charge >= 0.3 is 0 Å². The van der Waals surface area contributed by atoms with E-state index in [-0.39, 0.29) is 5.41 Å². The molecule has 0 saturated heterocycles. The van der Waals surface area contributed by atoms with Crippen LogP contribution in [0, 0.1) is 0 Å². The van der Waals surface area contributed by atoms with Crippen LogP contribution >= 0.6 is 0 Å². The summed E-state index contributed by atoms with van der Waals surface area (Å²) in [5, 5.41) is 9.63. The van der Waals surface area contributed by atoms with Crippen LogP contribution in [0.2, 0.25) is 0 Å². The van der Waals surface area contributed by atoms with Gasteiger partial charge in [0.25, 0.3) is 0 Å². The largest absolute Gasteiger partial charge is 0.254 e. The lowest BCUT2D eigenvalue weighted by Crippen LogP contribution is -2.10. The smallest absolute Gasteiger partial charge is 0.0972 e. The Labute approximate surface area is 280 Å². The van der Waals surface area contributed by atoms with Gasteiger partial charge in [-0.15, -0.1) is 0 Å². The third-order valence-corrected chi connectivity index (χ3v) is 9.87. The van der Waals surface area contributed by atoms with Gasteiger partial charge in [0.15, 0.2) is 0 Å². The average molecular weight is 615 g/mol. The molecule has 0 radical (unpaired) electrons. The van der Waals surface area contributed by atoms with Gasteiger partial charge in [0.2, 0.25) is 0 Å². The van der Waals surface area contributed by atoms with E-state index >= 15 is 0 Å². The zero-order valence-corrected chi connectivity index (χ0v) is 27.3. The minimum atomic E-state index is 0.104. The second kappa shape index (κ2) is 10.9. The summed E-state index contributed by atoms with van der Waals surface area (Å²) in [4.78, 5) is 9.93. The van der Waals surface area contributed by atoms with E-state index in [2.05, 4.69) is 160 Å². The Morgan fingerprint density at radius 1 is 0.417 bits per heavy atom. The van der Waals surface area contributed by atoms with Crippen LogP contribution in [0.5, 0.6) is 0 Å². The molecule has 0 unspecified atom stereocenters. The Kier molecular flexibility index (Phi) is 6.42. The normalized spacial score (nSPS) is 12.1. The summed E-state index contributed by atoms with van der Waals surface area (Å²) in [6.45, 7) is 6.81. The fourth-order valence-electron chi connectivity index (χ4n) is 7.48. The van der Waals surface area contributed by atoms with Gasteiger partial charge in [0.1, 0.15) is 0 Å². The highest BCUT2D eigenvalue weighted by molar-refractivity contribution is 6.24. The number of fused-ring (bicyclic) bond motifs is 6. The highest BCUT2D eigenvalue weighted by atomic mass is 14.8. The van der Waals surface area contributed by atoms with Crippen molar-refractivity contribution in [2.45, 2.75) is 26.2 Å². The minimum absolute atomic E-state index is 0.104. The van der Waals surface area contributed by atoms with Crippen molar-refractivity contribution in [3.63, 3.8) is 0 Å². The van der Waals surface area contributed by atoms with Crippen LogP contribution in [0.15, 0.2) is 152 Å². The van der Waals surface area contributed by atoms with Crippen molar-refractivity contribution < 1.29 is 0 Å². The van der Waals surface area contributed by atoms with Crippen LogP contribution < -0.4 is 0 Å². The van der Waals surface area contributed by atoms with Crippen molar-refractivity contribution in [3.8, 4) is 33.5 Å². The summed E-state index contributed by atoms with van der Waals surface area (Å²) in [6, 6.07) is 53.0. The topological polar surface area (TPSA) is 25.8 Å². The van der Waals surface area contributed by atoms with Crippen LogP contribution in [0.4, 0.5) is 0 Å². The molecule has 0 aliphatic carbocycles. The summed E-state index contributed by atoms with van der Waals surface area (Å²) in [5.74, 6) is 0. The summed E-state index contributed by atoms with van der Waals surface area (Å²) in [7, 11) is 0. The van der Waals surface area contributed by atoms with E-state index < -0.39 is 0 Å². The first kappa shape index (κ1) is 28.4. The number of aromatic nitrogens is 2. The van der Waals surface area contributed by atoms with Crippen molar-refractivity contribution in [2.75, 3.05) is 0 Å². The number of hydrogen-bond donors (Lipinski definition) is 0. The van der Waals surface area contributed by atoms with E-state index in [4.69, 9.17) is 9.97 Å². The van der Waals surface area contributed by atoms with Gasteiger partial charge in [-0.2, -0.15) is 0 Å². The molecule has 9 aromatic rings. The second-order valence-electron chi connectivity index (χ2n) is 13.8. The maximum absolute atomic E-state index is 5.23.